The van der Waals surface area contributed by atoms with Gasteiger partial charge in [0.05, 0.1) is 6.20 Å². The first-order valence-electron chi connectivity index (χ1n) is 7.00. The number of halogens is 2. The number of hydrogen-bond donors (Lipinski definition) is 1. The monoisotopic (exact) mass is 320 g/mol. The van der Waals surface area contributed by atoms with Gasteiger partial charge in [0.2, 0.25) is 5.91 Å². The van der Waals surface area contributed by atoms with Crippen LogP contribution in [0.3, 0.4) is 0 Å². The van der Waals surface area contributed by atoms with Crippen molar-refractivity contribution in [2.75, 3.05) is 11.4 Å². The van der Waals surface area contributed by atoms with E-state index < -0.39 is 12.6 Å². The number of carbonyl (C=O) groups is 2. The van der Waals surface area contributed by atoms with Crippen molar-refractivity contribution in [2.24, 2.45) is 0 Å². The van der Waals surface area contributed by atoms with Crippen LogP contribution in [-0.4, -0.2) is 28.3 Å². The van der Waals surface area contributed by atoms with E-state index in [9.17, 15) is 18.4 Å². The average molecular weight is 320 g/mol. The van der Waals surface area contributed by atoms with Gasteiger partial charge in [-0.05, 0) is 30.2 Å². The third-order valence-corrected chi connectivity index (χ3v) is 3.68. The highest BCUT2D eigenvalue weighted by Gasteiger charge is 2.25. The molecule has 1 aliphatic heterocycles. The third kappa shape index (κ3) is 2.92. The molecule has 23 heavy (non-hydrogen) atoms. The van der Waals surface area contributed by atoms with Gasteiger partial charge in [-0.1, -0.05) is 6.07 Å². The van der Waals surface area contributed by atoms with E-state index >= 15 is 0 Å². The average Bonchev–Trinajstić information content (AvgIpc) is 2.98. The summed E-state index contributed by atoms with van der Waals surface area (Å²) in [6.07, 6.45) is 2.88. The second-order valence-electron chi connectivity index (χ2n) is 5.24. The van der Waals surface area contributed by atoms with Crippen molar-refractivity contribution >= 4 is 17.6 Å². The lowest BCUT2D eigenvalue weighted by Gasteiger charge is -2.28. The summed E-state index contributed by atoms with van der Waals surface area (Å²) < 4.78 is 25.7. The van der Waals surface area contributed by atoms with Gasteiger partial charge in [-0.25, -0.2) is 9.48 Å². The predicted molar refractivity (Wildman–Crippen MR) is 79.2 cm³/mol. The zero-order chi connectivity index (χ0) is 16.6. The summed E-state index contributed by atoms with van der Waals surface area (Å²) in [7, 11) is 0. The molecule has 1 aromatic heterocycles. The first-order valence-corrected chi connectivity index (χ1v) is 7.00. The molecule has 1 aliphatic rings. The van der Waals surface area contributed by atoms with Crippen molar-refractivity contribution in [1.82, 2.24) is 15.1 Å². The smallest absolute Gasteiger partial charge is 0.293 e. The molecule has 3 rings (SSSR count). The maximum absolute atomic E-state index is 12.6. The lowest BCUT2D eigenvalue weighted by molar-refractivity contribution is -0.120. The molecule has 3 amide bonds. The fourth-order valence-corrected chi connectivity index (χ4v) is 2.53. The van der Waals surface area contributed by atoms with Crippen LogP contribution in [0.15, 0.2) is 30.6 Å². The third-order valence-electron chi connectivity index (χ3n) is 3.68. The summed E-state index contributed by atoms with van der Waals surface area (Å²) >= 11 is 0. The highest BCUT2D eigenvalue weighted by molar-refractivity contribution is 6.06. The molecular formula is C15H14F2N4O2. The molecule has 2 heterocycles. The quantitative estimate of drug-likeness (QED) is 0.945. The van der Waals surface area contributed by atoms with Gasteiger partial charge in [-0.2, -0.15) is 13.9 Å². The molecular weight excluding hydrogens is 306 g/mol. The normalized spacial score (nSPS) is 15.2. The van der Waals surface area contributed by atoms with Gasteiger partial charge in [0.1, 0.15) is 0 Å². The van der Waals surface area contributed by atoms with Gasteiger partial charge in [-0.15, -0.1) is 0 Å². The first kappa shape index (κ1) is 15.1. The molecule has 1 aromatic carbocycles. The van der Waals surface area contributed by atoms with Crippen LogP contribution in [0.1, 0.15) is 18.5 Å². The summed E-state index contributed by atoms with van der Waals surface area (Å²) in [5.41, 5.74) is 2.78. The van der Waals surface area contributed by atoms with E-state index in [1.807, 2.05) is 6.92 Å². The van der Waals surface area contributed by atoms with E-state index in [-0.39, 0.29) is 12.3 Å². The van der Waals surface area contributed by atoms with Crippen LogP contribution in [0.2, 0.25) is 0 Å². The summed E-state index contributed by atoms with van der Waals surface area (Å²) in [6.45, 7) is -0.549. The summed E-state index contributed by atoms with van der Waals surface area (Å²) in [6, 6.07) is 4.81. The molecule has 0 spiro atoms. The van der Waals surface area contributed by atoms with Crippen LogP contribution >= 0.6 is 0 Å². The summed E-state index contributed by atoms with van der Waals surface area (Å²) in [4.78, 5) is 24.6. The Morgan fingerprint density at radius 2 is 2.04 bits per heavy atom. The minimum Gasteiger partial charge on any atom is -0.293 e. The number of rotatable bonds is 3. The van der Waals surface area contributed by atoms with Crippen LogP contribution in [0.5, 0.6) is 0 Å². The van der Waals surface area contributed by atoms with Crippen molar-refractivity contribution in [2.45, 2.75) is 19.9 Å². The van der Waals surface area contributed by atoms with Gasteiger partial charge >= 0.3 is 12.6 Å². The van der Waals surface area contributed by atoms with Crippen LogP contribution in [0.25, 0.3) is 11.1 Å². The lowest BCUT2D eigenvalue weighted by Crippen LogP contribution is -2.49. The fourth-order valence-electron chi connectivity index (χ4n) is 2.53. The van der Waals surface area contributed by atoms with Crippen LogP contribution in [-0.2, 0) is 4.79 Å². The molecule has 6 nitrogen and oxygen atoms in total. The van der Waals surface area contributed by atoms with Crippen LogP contribution in [0, 0.1) is 6.92 Å². The molecule has 0 aliphatic carbocycles. The number of aryl methyl sites for hydroxylation is 1. The zero-order valence-corrected chi connectivity index (χ0v) is 12.3. The van der Waals surface area contributed by atoms with Gasteiger partial charge in [0.15, 0.2) is 0 Å². The molecule has 0 atom stereocenters. The Balaban J connectivity index is 1.88. The molecule has 2 aromatic rings. The zero-order valence-electron chi connectivity index (χ0n) is 12.3. The molecule has 1 fully saturated rings. The minimum absolute atomic E-state index is 0.244. The number of carbonyl (C=O) groups excluding carboxylic acids is 2. The number of hydrogen-bond acceptors (Lipinski definition) is 3. The molecule has 0 saturated carbocycles. The number of anilines is 1. The number of amides is 3. The molecule has 0 bridgehead atoms. The standard InChI is InChI=1S/C15H14F2N4O2/c1-9-6-10(11-7-18-21(8-11)14(16)17)2-3-12(9)20-5-4-13(22)19-15(20)23/h2-3,6-8,14H,4-5H2,1H3,(H,19,22,23). The van der Waals surface area contributed by atoms with Crippen molar-refractivity contribution in [1.29, 1.82) is 0 Å². The molecule has 0 radical (unpaired) electrons. The van der Waals surface area contributed by atoms with Crippen LogP contribution < -0.4 is 10.2 Å². The first-order chi connectivity index (χ1) is 11.0. The van der Waals surface area contributed by atoms with E-state index in [0.717, 1.165) is 11.1 Å². The molecule has 1 saturated heterocycles. The van der Waals surface area contributed by atoms with E-state index in [1.165, 1.54) is 17.3 Å². The maximum Gasteiger partial charge on any atom is 0.333 e. The minimum atomic E-state index is -2.68. The van der Waals surface area contributed by atoms with Crippen molar-refractivity contribution < 1.29 is 18.4 Å². The van der Waals surface area contributed by atoms with E-state index in [4.69, 9.17) is 0 Å². The molecule has 120 valence electrons. The largest absolute Gasteiger partial charge is 0.333 e. The molecule has 0 unspecified atom stereocenters. The maximum atomic E-state index is 12.6. The lowest BCUT2D eigenvalue weighted by atomic mass is 10.0. The Kier molecular flexibility index (Phi) is 3.81. The Morgan fingerprint density at radius 3 is 2.65 bits per heavy atom. The fraction of sp³-hybridized carbons (Fsp3) is 0.267. The molecule has 8 heteroatoms. The number of urea groups is 1. The Morgan fingerprint density at radius 1 is 1.26 bits per heavy atom. The second-order valence-corrected chi connectivity index (χ2v) is 5.24. The number of alkyl halides is 2. The summed E-state index contributed by atoms with van der Waals surface area (Å²) in [5.74, 6) is -0.292. The Hall–Kier alpha value is -2.77. The highest BCUT2D eigenvalue weighted by atomic mass is 19.3. The highest BCUT2D eigenvalue weighted by Crippen LogP contribution is 2.28. The van der Waals surface area contributed by atoms with Crippen molar-refractivity contribution in [3.05, 3.63) is 36.2 Å². The number of nitrogens with zero attached hydrogens (tertiary/aromatic N) is 3. The number of nitrogens with one attached hydrogen (secondary N) is 1. The topological polar surface area (TPSA) is 67.2 Å². The SMILES string of the molecule is Cc1cc(-c2cnn(C(F)F)c2)ccc1N1CCC(=O)NC1=O. The predicted octanol–water partition coefficient (Wildman–Crippen LogP) is 2.70. The van der Waals surface area contributed by atoms with Gasteiger partial charge in [-0.3, -0.25) is 15.0 Å². The summed E-state index contributed by atoms with van der Waals surface area (Å²) in [5, 5.41) is 5.88. The second kappa shape index (κ2) is 5.79. The Bertz CT molecular complexity index is 773. The van der Waals surface area contributed by atoms with Gasteiger partial charge < -0.3 is 0 Å². The van der Waals surface area contributed by atoms with Gasteiger partial charge in [0, 0.05) is 30.4 Å². The van der Waals surface area contributed by atoms with Gasteiger partial charge in [0.25, 0.3) is 0 Å². The molecule has 1 N–H and O–H groups in total. The van der Waals surface area contributed by atoms with E-state index in [0.29, 0.717) is 22.5 Å². The number of imide groups is 1. The Labute approximate surface area is 130 Å². The van der Waals surface area contributed by atoms with E-state index in [1.54, 1.807) is 18.2 Å². The van der Waals surface area contributed by atoms with Crippen molar-refractivity contribution in [3.8, 4) is 11.1 Å². The number of aromatic nitrogens is 2. The van der Waals surface area contributed by atoms with Crippen molar-refractivity contribution in [3.63, 3.8) is 0 Å². The van der Waals surface area contributed by atoms with Crippen LogP contribution in [0.4, 0.5) is 19.3 Å². The number of benzene rings is 1. The van der Waals surface area contributed by atoms with E-state index in [2.05, 4.69) is 10.4 Å².